The third kappa shape index (κ3) is 2.99. The van der Waals surface area contributed by atoms with Crippen molar-refractivity contribution < 1.29 is 14.6 Å². The molecule has 0 fully saturated rings. The van der Waals surface area contributed by atoms with Crippen LogP contribution in [0.4, 0.5) is 0 Å². The number of carboxylic acid groups (broad SMARTS) is 1. The van der Waals surface area contributed by atoms with Crippen LogP contribution < -0.4 is 4.74 Å². The summed E-state index contributed by atoms with van der Waals surface area (Å²) in [5.41, 5.74) is 1.96. The lowest BCUT2D eigenvalue weighted by atomic mass is 10.1. The number of imidazole rings is 1. The number of hydrogen-bond donors (Lipinski definition) is 1. The minimum Gasteiger partial charge on any atom is -0.493 e. The van der Waals surface area contributed by atoms with Gasteiger partial charge in [-0.15, -0.1) is 0 Å². The fraction of sp³-hybridized carbons (Fsp3) is 0.333. The van der Waals surface area contributed by atoms with Gasteiger partial charge in [-0.1, -0.05) is 0 Å². The molecule has 0 bridgehead atoms. The largest absolute Gasteiger partial charge is 0.493 e. The smallest absolute Gasteiger partial charge is 0.335 e. The van der Waals surface area contributed by atoms with Crippen LogP contribution in [0.2, 0.25) is 0 Å². The Kier molecular flexibility index (Phi) is 4.08. The molecule has 0 saturated carbocycles. The van der Waals surface area contributed by atoms with Gasteiger partial charge in [0.1, 0.15) is 11.6 Å². The lowest BCUT2D eigenvalue weighted by Gasteiger charge is -2.13. The molecule has 1 aromatic carbocycles. The van der Waals surface area contributed by atoms with E-state index < -0.39 is 5.97 Å². The third-order valence-electron chi connectivity index (χ3n) is 3.20. The minimum atomic E-state index is -0.921. The molecule has 1 aromatic heterocycles. The van der Waals surface area contributed by atoms with Gasteiger partial charge in [0.2, 0.25) is 0 Å². The van der Waals surface area contributed by atoms with E-state index in [9.17, 15) is 4.79 Å². The molecule has 5 heteroatoms. The van der Waals surface area contributed by atoms with Crippen molar-refractivity contribution in [2.75, 3.05) is 6.61 Å². The van der Waals surface area contributed by atoms with E-state index in [0.717, 1.165) is 22.7 Å². The lowest BCUT2D eigenvalue weighted by molar-refractivity contribution is 0.0696. The number of rotatable bonds is 5. The Balaban J connectivity index is 2.06. The van der Waals surface area contributed by atoms with Crippen molar-refractivity contribution in [1.29, 1.82) is 0 Å². The molecule has 0 radical (unpaired) electrons. The van der Waals surface area contributed by atoms with Gasteiger partial charge in [0.05, 0.1) is 12.2 Å². The number of ether oxygens (including phenoxy) is 1. The van der Waals surface area contributed by atoms with Crippen molar-refractivity contribution in [3.8, 4) is 5.75 Å². The summed E-state index contributed by atoms with van der Waals surface area (Å²) in [6.07, 6.45) is 4.37. The Bertz CT molecular complexity index is 609. The van der Waals surface area contributed by atoms with Crippen LogP contribution in [-0.2, 0) is 13.5 Å². The Morgan fingerprint density at radius 1 is 1.35 bits per heavy atom. The highest BCUT2D eigenvalue weighted by Gasteiger charge is 2.11. The molecule has 1 heterocycles. The second kappa shape index (κ2) is 5.77. The normalized spacial score (nSPS) is 10.6. The molecule has 106 valence electrons. The predicted octanol–water partition coefficient (Wildman–Crippen LogP) is 2.36. The summed E-state index contributed by atoms with van der Waals surface area (Å²) >= 11 is 0. The molecule has 1 N–H and O–H groups in total. The molecule has 5 nitrogen and oxygen atoms in total. The first-order valence-corrected chi connectivity index (χ1v) is 6.42. The predicted molar refractivity (Wildman–Crippen MR) is 75.3 cm³/mol. The van der Waals surface area contributed by atoms with Crippen molar-refractivity contribution in [3.63, 3.8) is 0 Å². The standard InChI is InChI=1S/C15H18N2O3/c1-10-8-12(15(18)19)9-11(2)14(10)20-7-4-13-16-5-6-17(13)3/h5-6,8-9H,4,7H2,1-3H3,(H,18,19). The van der Waals surface area contributed by atoms with Crippen LogP contribution in [0.15, 0.2) is 24.5 Å². The maximum absolute atomic E-state index is 11.0. The monoisotopic (exact) mass is 274 g/mol. The highest BCUT2D eigenvalue weighted by atomic mass is 16.5. The van der Waals surface area contributed by atoms with Gasteiger partial charge in [0.15, 0.2) is 0 Å². The third-order valence-corrected chi connectivity index (χ3v) is 3.20. The number of aromatic nitrogens is 2. The van der Waals surface area contributed by atoms with E-state index in [2.05, 4.69) is 4.98 Å². The fourth-order valence-electron chi connectivity index (χ4n) is 2.18. The second-order valence-electron chi connectivity index (χ2n) is 4.80. The molecule has 2 aromatic rings. The summed E-state index contributed by atoms with van der Waals surface area (Å²) in [6.45, 7) is 4.23. The maximum Gasteiger partial charge on any atom is 0.335 e. The van der Waals surface area contributed by atoms with Gasteiger partial charge in [-0.05, 0) is 37.1 Å². The Morgan fingerprint density at radius 3 is 2.50 bits per heavy atom. The zero-order valence-corrected chi connectivity index (χ0v) is 11.9. The number of benzene rings is 1. The zero-order valence-electron chi connectivity index (χ0n) is 11.9. The van der Waals surface area contributed by atoms with Crippen LogP contribution in [0.5, 0.6) is 5.75 Å². The Morgan fingerprint density at radius 2 is 2.00 bits per heavy atom. The van der Waals surface area contributed by atoms with E-state index in [0.29, 0.717) is 13.0 Å². The molecule has 0 atom stereocenters. The van der Waals surface area contributed by atoms with Crippen molar-refractivity contribution in [3.05, 3.63) is 47.0 Å². The topological polar surface area (TPSA) is 64.3 Å². The van der Waals surface area contributed by atoms with Crippen LogP contribution in [0.25, 0.3) is 0 Å². The van der Waals surface area contributed by atoms with E-state index >= 15 is 0 Å². The van der Waals surface area contributed by atoms with E-state index in [1.54, 1.807) is 18.3 Å². The molecule has 0 unspecified atom stereocenters. The molecule has 0 aliphatic heterocycles. The molecular weight excluding hydrogens is 256 g/mol. The zero-order chi connectivity index (χ0) is 14.7. The summed E-state index contributed by atoms with van der Waals surface area (Å²) in [5, 5.41) is 9.00. The minimum absolute atomic E-state index is 0.288. The van der Waals surface area contributed by atoms with Crippen LogP contribution in [-0.4, -0.2) is 27.2 Å². The average molecular weight is 274 g/mol. The van der Waals surface area contributed by atoms with E-state index in [-0.39, 0.29) is 5.56 Å². The number of carboxylic acids is 1. The van der Waals surface area contributed by atoms with Crippen LogP contribution in [0.3, 0.4) is 0 Å². The van der Waals surface area contributed by atoms with Gasteiger partial charge in [-0.2, -0.15) is 0 Å². The quantitative estimate of drug-likeness (QED) is 0.909. The molecule has 0 spiro atoms. The van der Waals surface area contributed by atoms with Gasteiger partial charge in [0, 0.05) is 25.9 Å². The molecular formula is C15H18N2O3. The molecule has 20 heavy (non-hydrogen) atoms. The molecule has 0 aliphatic rings. The Labute approximate surface area is 117 Å². The van der Waals surface area contributed by atoms with E-state index in [1.165, 1.54) is 0 Å². The van der Waals surface area contributed by atoms with Crippen molar-refractivity contribution in [1.82, 2.24) is 9.55 Å². The van der Waals surface area contributed by atoms with Crippen molar-refractivity contribution in [2.24, 2.45) is 7.05 Å². The highest BCUT2D eigenvalue weighted by molar-refractivity contribution is 5.88. The van der Waals surface area contributed by atoms with Gasteiger partial charge >= 0.3 is 5.97 Å². The van der Waals surface area contributed by atoms with Gasteiger partial charge in [-0.3, -0.25) is 0 Å². The number of hydrogen-bond acceptors (Lipinski definition) is 3. The number of aryl methyl sites for hydroxylation is 3. The van der Waals surface area contributed by atoms with Crippen molar-refractivity contribution in [2.45, 2.75) is 20.3 Å². The summed E-state index contributed by atoms with van der Waals surface area (Å²) in [5.74, 6) is 0.794. The van der Waals surface area contributed by atoms with Gasteiger partial charge in [0.25, 0.3) is 0 Å². The van der Waals surface area contributed by atoms with Crippen LogP contribution in [0, 0.1) is 13.8 Å². The SMILES string of the molecule is Cc1cc(C(=O)O)cc(C)c1OCCc1nccn1C. The Hall–Kier alpha value is -2.30. The van der Waals surface area contributed by atoms with Crippen LogP contribution in [0.1, 0.15) is 27.3 Å². The average Bonchev–Trinajstić information content (AvgIpc) is 2.78. The number of carbonyl (C=O) groups is 1. The fourth-order valence-corrected chi connectivity index (χ4v) is 2.18. The van der Waals surface area contributed by atoms with Crippen LogP contribution >= 0.6 is 0 Å². The molecule has 0 saturated heterocycles. The summed E-state index contributed by atoms with van der Waals surface area (Å²) in [7, 11) is 1.94. The summed E-state index contributed by atoms with van der Waals surface area (Å²) in [6, 6.07) is 3.26. The lowest BCUT2D eigenvalue weighted by Crippen LogP contribution is -2.08. The first-order valence-electron chi connectivity index (χ1n) is 6.42. The molecule has 2 rings (SSSR count). The first kappa shape index (κ1) is 14.1. The van der Waals surface area contributed by atoms with E-state index in [4.69, 9.17) is 9.84 Å². The number of aromatic carboxylic acids is 1. The molecule has 0 aliphatic carbocycles. The maximum atomic E-state index is 11.0. The molecule has 0 amide bonds. The summed E-state index contributed by atoms with van der Waals surface area (Å²) in [4.78, 5) is 15.2. The van der Waals surface area contributed by atoms with Gasteiger partial charge in [-0.25, -0.2) is 9.78 Å². The second-order valence-corrected chi connectivity index (χ2v) is 4.80. The van der Waals surface area contributed by atoms with E-state index in [1.807, 2.05) is 31.7 Å². The summed E-state index contributed by atoms with van der Waals surface area (Å²) < 4.78 is 7.74. The van der Waals surface area contributed by atoms with Gasteiger partial charge < -0.3 is 14.4 Å². The number of nitrogens with zero attached hydrogens (tertiary/aromatic N) is 2. The highest BCUT2D eigenvalue weighted by Crippen LogP contribution is 2.25. The van der Waals surface area contributed by atoms with Crippen molar-refractivity contribution >= 4 is 5.97 Å². The first-order chi connectivity index (χ1) is 9.49.